The second kappa shape index (κ2) is 15.3. The largest absolute Gasteiger partial charge is 0.506 e. The summed E-state index contributed by atoms with van der Waals surface area (Å²) in [5.41, 5.74) is 0.440. The van der Waals surface area contributed by atoms with Crippen LogP contribution in [0, 0.1) is 10.1 Å². The van der Waals surface area contributed by atoms with Crippen molar-refractivity contribution in [2.45, 2.75) is 96.8 Å². The fourth-order valence-electron chi connectivity index (χ4n) is 3.32. The van der Waals surface area contributed by atoms with Gasteiger partial charge < -0.3 is 10.4 Å². The highest BCUT2D eigenvalue weighted by atomic mass is 16.6. The molecule has 154 valence electrons. The molecule has 5 heteroatoms. The lowest BCUT2D eigenvalue weighted by atomic mass is 10.0. The van der Waals surface area contributed by atoms with E-state index in [0.717, 1.165) is 19.4 Å². The highest BCUT2D eigenvalue weighted by Gasteiger charge is 2.09. The number of nitro benzene ring substituents is 1. The van der Waals surface area contributed by atoms with Gasteiger partial charge in [-0.25, -0.2) is 0 Å². The third kappa shape index (κ3) is 11.5. The highest BCUT2D eigenvalue weighted by Crippen LogP contribution is 2.27. The molecule has 27 heavy (non-hydrogen) atoms. The van der Waals surface area contributed by atoms with Gasteiger partial charge in [0.15, 0.2) is 0 Å². The second-order valence-electron chi connectivity index (χ2n) is 7.48. The molecule has 0 radical (unpaired) electrons. The topological polar surface area (TPSA) is 75.4 Å². The van der Waals surface area contributed by atoms with Crippen LogP contribution in [0.1, 0.15) is 96.8 Å². The number of non-ortho nitro benzene ring substituents is 1. The van der Waals surface area contributed by atoms with E-state index in [1.54, 1.807) is 0 Å². The molecule has 0 saturated heterocycles. The van der Waals surface area contributed by atoms with E-state index in [4.69, 9.17) is 0 Å². The highest BCUT2D eigenvalue weighted by molar-refractivity contribution is 5.60. The Kier molecular flexibility index (Phi) is 13.2. The molecular weight excluding hydrogens is 340 g/mol. The van der Waals surface area contributed by atoms with E-state index < -0.39 is 4.92 Å². The van der Waals surface area contributed by atoms with Gasteiger partial charge in [-0.2, -0.15) is 0 Å². The van der Waals surface area contributed by atoms with E-state index in [-0.39, 0.29) is 11.4 Å². The number of phenolic OH excluding ortho intramolecular Hbond substituents is 1. The van der Waals surface area contributed by atoms with E-state index in [1.807, 2.05) is 0 Å². The summed E-state index contributed by atoms with van der Waals surface area (Å²) in [6, 6.07) is 4.07. The first-order valence-corrected chi connectivity index (χ1v) is 10.9. The van der Waals surface area contributed by atoms with Crippen molar-refractivity contribution in [1.82, 2.24) is 0 Å². The van der Waals surface area contributed by atoms with E-state index in [2.05, 4.69) is 12.2 Å². The number of benzene rings is 1. The van der Waals surface area contributed by atoms with E-state index in [9.17, 15) is 15.2 Å². The van der Waals surface area contributed by atoms with Crippen molar-refractivity contribution >= 4 is 11.4 Å². The molecular formula is C22H38N2O3. The molecule has 1 rings (SSSR count). The molecule has 0 amide bonds. The number of hydrogen-bond acceptors (Lipinski definition) is 4. The lowest BCUT2D eigenvalue weighted by molar-refractivity contribution is -0.384. The van der Waals surface area contributed by atoms with Crippen LogP contribution in [0.15, 0.2) is 18.2 Å². The Labute approximate surface area is 164 Å². The van der Waals surface area contributed by atoms with Crippen LogP contribution in [0.2, 0.25) is 0 Å². The maximum atomic E-state index is 10.8. The minimum atomic E-state index is -0.447. The van der Waals surface area contributed by atoms with Gasteiger partial charge in [-0.1, -0.05) is 90.4 Å². The SMILES string of the molecule is CCCCCCCCCCCCCCCCNc1cc([N+](=O)[O-])ccc1O. The molecule has 0 aliphatic rings. The normalized spacial score (nSPS) is 10.9. The molecule has 0 saturated carbocycles. The number of hydrogen-bond donors (Lipinski definition) is 2. The zero-order chi connectivity index (χ0) is 19.7. The average molecular weight is 379 g/mol. The Bertz CT molecular complexity index is 520. The van der Waals surface area contributed by atoms with Gasteiger partial charge in [0.05, 0.1) is 10.6 Å². The Hall–Kier alpha value is -1.78. The lowest BCUT2D eigenvalue weighted by Gasteiger charge is -2.08. The molecule has 1 aromatic rings. The maximum absolute atomic E-state index is 10.8. The number of nitro groups is 1. The molecule has 1 aromatic carbocycles. The minimum absolute atomic E-state index is 0.00346. The predicted molar refractivity (Wildman–Crippen MR) is 114 cm³/mol. The second-order valence-corrected chi connectivity index (χ2v) is 7.48. The molecule has 2 N–H and O–H groups in total. The van der Waals surface area contributed by atoms with E-state index in [1.165, 1.54) is 95.2 Å². The quantitative estimate of drug-likeness (QED) is 0.130. The predicted octanol–water partition coefficient (Wildman–Crippen LogP) is 7.19. The Morgan fingerprint density at radius 1 is 0.852 bits per heavy atom. The van der Waals surface area contributed by atoms with Crippen LogP contribution >= 0.6 is 0 Å². The van der Waals surface area contributed by atoms with Gasteiger partial charge in [0.2, 0.25) is 0 Å². The Morgan fingerprint density at radius 3 is 1.81 bits per heavy atom. The van der Waals surface area contributed by atoms with Crippen molar-refractivity contribution in [3.05, 3.63) is 28.3 Å². The molecule has 0 aliphatic carbocycles. The average Bonchev–Trinajstić information content (AvgIpc) is 2.66. The fourth-order valence-corrected chi connectivity index (χ4v) is 3.32. The molecule has 5 nitrogen and oxygen atoms in total. The molecule has 0 aliphatic heterocycles. The van der Waals surface area contributed by atoms with E-state index in [0.29, 0.717) is 5.69 Å². The summed E-state index contributed by atoms with van der Waals surface area (Å²) in [6.45, 7) is 2.99. The Morgan fingerprint density at radius 2 is 1.33 bits per heavy atom. The van der Waals surface area contributed by atoms with Crippen molar-refractivity contribution in [3.8, 4) is 5.75 Å². The number of nitrogens with zero attached hydrogens (tertiary/aromatic N) is 1. The zero-order valence-electron chi connectivity index (χ0n) is 17.0. The van der Waals surface area contributed by atoms with Gasteiger partial charge in [0.1, 0.15) is 5.75 Å². The molecule has 0 bridgehead atoms. The van der Waals surface area contributed by atoms with Gasteiger partial charge in [-0.3, -0.25) is 10.1 Å². The molecule has 0 atom stereocenters. The van der Waals surface area contributed by atoms with Crippen LogP contribution in [-0.2, 0) is 0 Å². The zero-order valence-corrected chi connectivity index (χ0v) is 17.0. The number of aromatic hydroxyl groups is 1. The Balaban J connectivity index is 1.92. The first-order valence-electron chi connectivity index (χ1n) is 10.9. The van der Waals surface area contributed by atoms with Gasteiger partial charge in [-0.05, 0) is 12.5 Å². The molecule has 0 heterocycles. The van der Waals surface area contributed by atoms with Gasteiger partial charge in [0.25, 0.3) is 5.69 Å². The van der Waals surface area contributed by atoms with Crippen LogP contribution in [0.4, 0.5) is 11.4 Å². The van der Waals surface area contributed by atoms with Crippen LogP contribution in [0.5, 0.6) is 5.75 Å². The smallest absolute Gasteiger partial charge is 0.271 e. The van der Waals surface area contributed by atoms with Crippen LogP contribution in [-0.4, -0.2) is 16.6 Å². The fraction of sp³-hybridized carbons (Fsp3) is 0.727. The summed E-state index contributed by atoms with van der Waals surface area (Å²) in [4.78, 5) is 10.3. The summed E-state index contributed by atoms with van der Waals surface area (Å²) in [7, 11) is 0. The van der Waals surface area contributed by atoms with Crippen LogP contribution < -0.4 is 5.32 Å². The van der Waals surface area contributed by atoms with E-state index >= 15 is 0 Å². The third-order valence-electron chi connectivity index (χ3n) is 5.04. The monoisotopic (exact) mass is 378 g/mol. The summed E-state index contributed by atoms with van der Waals surface area (Å²) in [5, 5.41) is 23.6. The number of unbranched alkanes of at least 4 members (excludes halogenated alkanes) is 13. The van der Waals surface area contributed by atoms with Crippen molar-refractivity contribution in [2.75, 3.05) is 11.9 Å². The minimum Gasteiger partial charge on any atom is -0.506 e. The number of nitrogens with one attached hydrogen (secondary N) is 1. The van der Waals surface area contributed by atoms with Crippen molar-refractivity contribution in [2.24, 2.45) is 0 Å². The van der Waals surface area contributed by atoms with Gasteiger partial charge in [-0.15, -0.1) is 0 Å². The number of anilines is 1. The summed E-state index contributed by atoms with van der Waals surface area (Å²) < 4.78 is 0. The third-order valence-corrected chi connectivity index (χ3v) is 5.04. The maximum Gasteiger partial charge on any atom is 0.271 e. The standard InChI is InChI=1S/C22H38N2O3/c1-2-3-4-5-6-7-8-9-10-11-12-13-14-15-18-23-21-19-20(24(26)27)16-17-22(21)25/h16-17,19,23,25H,2-15,18H2,1H3. The first-order chi connectivity index (χ1) is 13.1. The number of rotatable bonds is 17. The van der Waals surface area contributed by atoms with Gasteiger partial charge in [0, 0.05) is 18.7 Å². The van der Waals surface area contributed by atoms with Gasteiger partial charge >= 0.3 is 0 Å². The summed E-state index contributed by atoms with van der Waals surface area (Å²) in [5.74, 6) is 0.0611. The summed E-state index contributed by atoms with van der Waals surface area (Å²) in [6.07, 6.45) is 18.5. The molecule has 0 fully saturated rings. The van der Waals surface area contributed by atoms with Crippen LogP contribution in [0.25, 0.3) is 0 Å². The molecule has 0 aromatic heterocycles. The van der Waals surface area contributed by atoms with Crippen molar-refractivity contribution in [3.63, 3.8) is 0 Å². The molecule has 0 spiro atoms. The van der Waals surface area contributed by atoms with Crippen molar-refractivity contribution in [1.29, 1.82) is 0 Å². The first kappa shape index (κ1) is 23.3. The summed E-state index contributed by atoms with van der Waals surface area (Å²) >= 11 is 0. The van der Waals surface area contributed by atoms with Crippen molar-refractivity contribution < 1.29 is 10.0 Å². The lowest BCUT2D eigenvalue weighted by Crippen LogP contribution is -2.02. The van der Waals surface area contributed by atoms with Crippen LogP contribution in [0.3, 0.4) is 0 Å². The molecule has 0 unspecified atom stereocenters. The number of phenols is 1.